The lowest BCUT2D eigenvalue weighted by Crippen LogP contribution is -2.41. The first kappa shape index (κ1) is 11.3. The zero-order chi connectivity index (χ0) is 9.68. The van der Waals surface area contributed by atoms with E-state index in [0.717, 1.165) is 39.4 Å². The van der Waals surface area contributed by atoms with Crippen molar-refractivity contribution in [2.75, 3.05) is 46.4 Å². The highest BCUT2D eigenvalue weighted by molar-refractivity contribution is 7.80. The third-order valence-corrected chi connectivity index (χ3v) is 2.90. The number of nitrogens with zero attached hydrogens (tertiary/aromatic N) is 2. The fraction of sp³-hybridized carbons (Fsp3) is 1.00. The molecule has 0 spiro atoms. The number of rotatable bonds is 4. The molecule has 0 amide bonds. The summed E-state index contributed by atoms with van der Waals surface area (Å²) in [5, 5.41) is 0.348. The van der Waals surface area contributed by atoms with E-state index in [1.54, 1.807) is 0 Å². The highest BCUT2D eigenvalue weighted by atomic mass is 32.1. The molecule has 0 saturated carbocycles. The maximum absolute atomic E-state index is 5.28. The summed E-state index contributed by atoms with van der Waals surface area (Å²) in [4.78, 5) is 4.69. The quantitative estimate of drug-likeness (QED) is 0.531. The van der Waals surface area contributed by atoms with Crippen molar-refractivity contribution in [3.63, 3.8) is 0 Å². The van der Waals surface area contributed by atoms with Gasteiger partial charge < -0.3 is 4.74 Å². The van der Waals surface area contributed by atoms with Gasteiger partial charge in [0.25, 0.3) is 0 Å². The Labute approximate surface area is 86.4 Å². The SMILES string of the molecule is C[C@H](S)N(C)CCN1CCOCC1. The average molecular weight is 204 g/mol. The van der Waals surface area contributed by atoms with Gasteiger partial charge in [0.05, 0.1) is 13.2 Å². The maximum Gasteiger partial charge on any atom is 0.0594 e. The van der Waals surface area contributed by atoms with Crippen LogP contribution in [0.2, 0.25) is 0 Å². The number of hydrogen-bond donors (Lipinski definition) is 1. The Kier molecular flexibility index (Phi) is 5.09. The van der Waals surface area contributed by atoms with E-state index >= 15 is 0 Å². The van der Waals surface area contributed by atoms with Gasteiger partial charge in [0.2, 0.25) is 0 Å². The first-order valence-electron chi connectivity index (χ1n) is 4.88. The maximum atomic E-state index is 5.28. The minimum Gasteiger partial charge on any atom is -0.379 e. The number of hydrogen-bond acceptors (Lipinski definition) is 4. The third kappa shape index (κ3) is 4.31. The predicted molar refractivity (Wildman–Crippen MR) is 58.3 cm³/mol. The molecule has 0 unspecified atom stereocenters. The fourth-order valence-corrected chi connectivity index (χ4v) is 1.43. The van der Waals surface area contributed by atoms with Gasteiger partial charge in [-0.15, -0.1) is 0 Å². The molecule has 78 valence electrons. The molecule has 13 heavy (non-hydrogen) atoms. The largest absolute Gasteiger partial charge is 0.379 e. The summed E-state index contributed by atoms with van der Waals surface area (Å²) in [5.41, 5.74) is 0. The number of morpholine rings is 1. The molecule has 3 nitrogen and oxygen atoms in total. The fourth-order valence-electron chi connectivity index (χ4n) is 1.31. The summed E-state index contributed by atoms with van der Waals surface area (Å²) in [6.45, 7) is 8.25. The van der Waals surface area contributed by atoms with Gasteiger partial charge in [-0.05, 0) is 14.0 Å². The van der Waals surface area contributed by atoms with Crippen LogP contribution >= 0.6 is 12.6 Å². The molecule has 1 atom stereocenters. The van der Waals surface area contributed by atoms with Crippen molar-refractivity contribution in [2.24, 2.45) is 0 Å². The standard InChI is InChI=1S/C9H20N2OS/c1-9(13)10(2)3-4-11-5-7-12-8-6-11/h9,13H,3-8H2,1-2H3/t9-/m0/s1. The molecule has 0 N–H and O–H groups in total. The molecule has 0 aliphatic carbocycles. The Bertz CT molecular complexity index is 138. The van der Waals surface area contributed by atoms with Crippen LogP contribution in [0, 0.1) is 0 Å². The van der Waals surface area contributed by atoms with Gasteiger partial charge in [-0.1, -0.05) is 0 Å². The van der Waals surface area contributed by atoms with Gasteiger partial charge in [0.1, 0.15) is 0 Å². The van der Waals surface area contributed by atoms with Crippen LogP contribution in [-0.2, 0) is 4.74 Å². The second kappa shape index (κ2) is 5.86. The van der Waals surface area contributed by atoms with Crippen LogP contribution in [0.3, 0.4) is 0 Å². The van der Waals surface area contributed by atoms with Crippen LogP contribution in [0.25, 0.3) is 0 Å². The third-order valence-electron chi connectivity index (χ3n) is 2.51. The van der Waals surface area contributed by atoms with Crippen LogP contribution in [0.15, 0.2) is 0 Å². The van der Waals surface area contributed by atoms with E-state index in [-0.39, 0.29) is 0 Å². The van der Waals surface area contributed by atoms with E-state index < -0.39 is 0 Å². The molecule has 1 aliphatic heterocycles. The van der Waals surface area contributed by atoms with E-state index in [4.69, 9.17) is 4.74 Å². The molecule has 1 saturated heterocycles. The molecule has 0 aromatic carbocycles. The molecule has 0 radical (unpaired) electrons. The molecular formula is C9H20N2OS. The highest BCUT2D eigenvalue weighted by Gasteiger charge is 2.11. The van der Waals surface area contributed by atoms with Crippen molar-refractivity contribution in [1.82, 2.24) is 9.80 Å². The monoisotopic (exact) mass is 204 g/mol. The Morgan fingerprint density at radius 2 is 2.08 bits per heavy atom. The lowest BCUT2D eigenvalue weighted by atomic mass is 10.4. The highest BCUT2D eigenvalue weighted by Crippen LogP contribution is 2.01. The molecule has 0 aromatic rings. The molecule has 1 aliphatic rings. The van der Waals surface area contributed by atoms with Gasteiger partial charge in [-0.3, -0.25) is 9.80 Å². The van der Waals surface area contributed by atoms with E-state index in [1.165, 1.54) is 0 Å². The molecule has 0 aromatic heterocycles. The Balaban J connectivity index is 2.10. The minimum absolute atomic E-state index is 0.348. The van der Waals surface area contributed by atoms with E-state index in [1.807, 2.05) is 0 Å². The number of thiol groups is 1. The second-order valence-corrected chi connectivity index (χ2v) is 4.31. The summed E-state index contributed by atoms with van der Waals surface area (Å²) >= 11 is 4.37. The van der Waals surface area contributed by atoms with Gasteiger partial charge in [0, 0.05) is 31.6 Å². The van der Waals surface area contributed by atoms with Crippen molar-refractivity contribution in [1.29, 1.82) is 0 Å². The van der Waals surface area contributed by atoms with Crippen molar-refractivity contribution >= 4 is 12.6 Å². The summed E-state index contributed by atoms with van der Waals surface area (Å²) in [6.07, 6.45) is 0. The predicted octanol–water partition coefficient (Wildman–Crippen LogP) is 0.526. The van der Waals surface area contributed by atoms with Crippen molar-refractivity contribution in [3.05, 3.63) is 0 Å². The lowest BCUT2D eigenvalue weighted by molar-refractivity contribution is 0.0343. The minimum atomic E-state index is 0.348. The van der Waals surface area contributed by atoms with Crippen LogP contribution in [0.1, 0.15) is 6.92 Å². The Morgan fingerprint density at radius 1 is 1.46 bits per heavy atom. The lowest BCUT2D eigenvalue weighted by Gasteiger charge is -2.29. The van der Waals surface area contributed by atoms with Crippen LogP contribution in [0.4, 0.5) is 0 Å². The van der Waals surface area contributed by atoms with E-state index in [9.17, 15) is 0 Å². The van der Waals surface area contributed by atoms with Gasteiger partial charge in [-0.2, -0.15) is 12.6 Å². The van der Waals surface area contributed by atoms with Crippen LogP contribution in [0.5, 0.6) is 0 Å². The Morgan fingerprint density at radius 3 is 2.62 bits per heavy atom. The van der Waals surface area contributed by atoms with E-state index in [0.29, 0.717) is 5.37 Å². The van der Waals surface area contributed by atoms with Crippen LogP contribution in [-0.4, -0.2) is 61.6 Å². The van der Waals surface area contributed by atoms with Gasteiger partial charge in [-0.25, -0.2) is 0 Å². The molecule has 1 rings (SSSR count). The summed E-state index contributed by atoms with van der Waals surface area (Å²) in [6, 6.07) is 0. The molecule has 1 fully saturated rings. The van der Waals surface area contributed by atoms with Crippen molar-refractivity contribution < 1.29 is 4.74 Å². The summed E-state index contributed by atoms with van der Waals surface area (Å²) < 4.78 is 5.28. The summed E-state index contributed by atoms with van der Waals surface area (Å²) in [7, 11) is 2.11. The van der Waals surface area contributed by atoms with Crippen molar-refractivity contribution in [3.8, 4) is 0 Å². The first-order chi connectivity index (χ1) is 6.20. The molecule has 0 bridgehead atoms. The number of likely N-dealkylation sites (N-methyl/N-ethyl adjacent to an activating group) is 1. The smallest absolute Gasteiger partial charge is 0.0594 e. The second-order valence-electron chi connectivity index (χ2n) is 3.57. The topological polar surface area (TPSA) is 15.7 Å². The van der Waals surface area contributed by atoms with Crippen molar-refractivity contribution in [2.45, 2.75) is 12.3 Å². The number of ether oxygens (including phenoxy) is 1. The first-order valence-corrected chi connectivity index (χ1v) is 5.40. The average Bonchev–Trinajstić information content (AvgIpc) is 2.15. The molecular weight excluding hydrogens is 184 g/mol. The normalized spacial score (nSPS) is 22.2. The Hall–Kier alpha value is 0.230. The van der Waals surface area contributed by atoms with E-state index in [2.05, 4.69) is 36.4 Å². The van der Waals surface area contributed by atoms with Crippen LogP contribution < -0.4 is 0 Å². The summed E-state index contributed by atoms with van der Waals surface area (Å²) in [5.74, 6) is 0. The molecule has 4 heteroatoms. The molecule has 1 heterocycles. The zero-order valence-corrected chi connectivity index (χ0v) is 9.46. The van der Waals surface area contributed by atoms with Gasteiger partial charge >= 0.3 is 0 Å². The zero-order valence-electron chi connectivity index (χ0n) is 8.57. The van der Waals surface area contributed by atoms with Gasteiger partial charge in [0.15, 0.2) is 0 Å².